The second-order valence-corrected chi connectivity index (χ2v) is 9.53. The number of hydrogen-bond acceptors (Lipinski definition) is 3. The van der Waals surface area contributed by atoms with Crippen LogP contribution >= 0.6 is 0 Å². The smallest absolute Gasteiger partial charge is 0.252 e. The van der Waals surface area contributed by atoms with Crippen molar-refractivity contribution < 1.29 is 14.7 Å². The molecule has 0 aliphatic carbocycles. The van der Waals surface area contributed by atoms with Crippen molar-refractivity contribution in [3.63, 3.8) is 0 Å². The molecule has 1 aliphatic heterocycles. The highest BCUT2D eigenvalue weighted by Gasteiger charge is 2.47. The van der Waals surface area contributed by atoms with Gasteiger partial charge in [-0.1, -0.05) is 72.8 Å². The highest BCUT2D eigenvalue weighted by atomic mass is 16.3. The Morgan fingerprint density at radius 1 is 1.03 bits per heavy atom. The fourth-order valence-corrected chi connectivity index (χ4v) is 5.14. The van der Waals surface area contributed by atoms with Crippen LogP contribution in [0.3, 0.4) is 0 Å². The molecule has 0 spiro atoms. The molecule has 2 heterocycles. The zero-order valence-corrected chi connectivity index (χ0v) is 20.6. The maximum absolute atomic E-state index is 13.6. The monoisotopic (exact) mass is 479 g/mol. The van der Waals surface area contributed by atoms with Gasteiger partial charge in [0.2, 0.25) is 5.91 Å². The molecule has 0 fully saturated rings. The van der Waals surface area contributed by atoms with Gasteiger partial charge >= 0.3 is 0 Å². The second kappa shape index (κ2) is 9.04. The quantitative estimate of drug-likeness (QED) is 0.310. The zero-order valence-electron chi connectivity index (χ0n) is 20.6. The van der Waals surface area contributed by atoms with E-state index >= 15 is 0 Å². The van der Waals surface area contributed by atoms with E-state index in [0.717, 1.165) is 38.9 Å². The van der Waals surface area contributed by atoms with Crippen molar-refractivity contribution in [3.8, 4) is 0 Å². The first-order valence-electron chi connectivity index (χ1n) is 12.0. The Morgan fingerprint density at radius 3 is 2.36 bits per heavy atom. The predicted molar refractivity (Wildman–Crippen MR) is 140 cm³/mol. The number of fused-ring (bicyclic) bond motifs is 1. The van der Waals surface area contributed by atoms with E-state index in [0.29, 0.717) is 12.1 Å². The molecule has 0 radical (unpaired) electrons. The Morgan fingerprint density at radius 2 is 1.69 bits per heavy atom. The number of aromatic nitrogens is 1. The van der Waals surface area contributed by atoms with E-state index < -0.39 is 11.5 Å². The number of nitrogens with one attached hydrogen (secondary N) is 3. The zero-order chi connectivity index (χ0) is 25.4. The second-order valence-electron chi connectivity index (χ2n) is 9.53. The molecule has 5 rings (SSSR count). The van der Waals surface area contributed by atoms with Crippen LogP contribution in [0.2, 0.25) is 0 Å². The number of rotatable bonds is 6. The van der Waals surface area contributed by atoms with Gasteiger partial charge in [-0.05, 0) is 36.6 Å². The minimum absolute atomic E-state index is 0.00660. The van der Waals surface area contributed by atoms with Gasteiger partial charge in [0.25, 0.3) is 5.91 Å². The SMILES string of the molecule is CC(=O)NCc1c(C(C2=C(O)[C@@](C)(c3ccccc3)NC2=O)c2ccccc2)[nH]c2cc(C)ccc12. The Bertz CT molecular complexity index is 1490. The van der Waals surface area contributed by atoms with E-state index in [1.54, 1.807) is 0 Å². The van der Waals surface area contributed by atoms with Crippen molar-refractivity contribution in [1.82, 2.24) is 15.6 Å². The lowest BCUT2D eigenvalue weighted by Gasteiger charge is -2.25. The number of hydrogen-bond donors (Lipinski definition) is 4. The van der Waals surface area contributed by atoms with Gasteiger partial charge in [-0.2, -0.15) is 0 Å². The summed E-state index contributed by atoms with van der Waals surface area (Å²) < 4.78 is 0. The van der Waals surface area contributed by atoms with Crippen LogP contribution in [0.15, 0.2) is 90.2 Å². The van der Waals surface area contributed by atoms with Gasteiger partial charge in [0.1, 0.15) is 11.3 Å². The minimum atomic E-state index is -1.05. The molecule has 3 aromatic carbocycles. The number of carbonyl (C=O) groups is 2. The van der Waals surface area contributed by atoms with Crippen LogP contribution in [-0.4, -0.2) is 21.9 Å². The third-order valence-electron chi connectivity index (χ3n) is 7.01. The summed E-state index contributed by atoms with van der Waals surface area (Å²) in [5.74, 6) is -1.05. The minimum Gasteiger partial charge on any atom is -0.509 e. The Balaban J connectivity index is 1.77. The normalized spacial score (nSPS) is 18.4. The summed E-state index contributed by atoms with van der Waals surface area (Å²) >= 11 is 0. The van der Waals surface area contributed by atoms with Crippen molar-refractivity contribution in [3.05, 3.63) is 118 Å². The van der Waals surface area contributed by atoms with E-state index in [-0.39, 0.29) is 17.6 Å². The van der Waals surface area contributed by atoms with E-state index in [1.807, 2.05) is 86.6 Å². The van der Waals surface area contributed by atoms with Gasteiger partial charge < -0.3 is 20.7 Å². The van der Waals surface area contributed by atoms with E-state index in [2.05, 4.69) is 21.7 Å². The highest BCUT2D eigenvalue weighted by Crippen LogP contribution is 2.44. The number of amides is 2. The standard InChI is InChI=1S/C30H29N3O3/c1-18-14-15-22-23(17-31-19(2)34)27(32-24(22)16-18)25(20-10-6-4-7-11-20)26-28(35)30(3,33-29(26)36)21-12-8-5-9-13-21/h4-16,25,32,35H,17H2,1-3H3,(H,31,34)(H,33,36)/t25?,30-/m1/s1. The molecule has 6 nitrogen and oxygen atoms in total. The summed E-state index contributed by atoms with van der Waals surface area (Å²) in [6.45, 7) is 5.61. The van der Waals surface area contributed by atoms with Crippen LogP contribution in [-0.2, 0) is 21.7 Å². The topological polar surface area (TPSA) is 94.2 Å². The van der Waals surface area contributed by atoms with E-state index in [1.165, 1.54) is 6.92 Å². The Kier molecular flexibility index (Phi) is 5.88. The highest BCUT2D eigenvalue weighted by molar-refractivity contribution is 6.01. The predicted octanol–water partition coefficient (Wildman–Crippen LogP) is 5.10. The molecule has 1 aromatic heterocycles. The van der Waals surface area contributed by atoms with Crippen LogP contribution in [0.25, 0.3) is 10.9 Å². The van der Waals surface area contributed by atoms with Crippen LogP contribution in [0.4, 0.5) is 0 Å². The van der Waals surface area contributed by atoms with Gasteiger partial charge in [-0.15, -0.1) is 0 Å². The maximum atomic E-state index is 13.6. The molecule has 36 heavy (non-hydrogen) atoms. The molecular formula is C30H29N3O3. The molecule has 0 saturated heterocycles. The Labute approximate surface area is 210 Å². The van der Waals surface area contributed by atoms with Crippen molar-refractivity contribution in [2.24, 2.45) is 0 Å². The third-order valence-corrected chi connectivity index (χ3v) is 7.01. The van der Waals surface area contributed by atoms with E-state index in [4.69, 9.17) is 0 Å². The summed E-state index contributed by atoms with van der Waals surface area (Å²) in [4.78, 5) is 29.0. The van der Waals surface area contributed by atoms with Crippen molar-refractivity contribution in [2.45, 2.75) is 38.8 Å². The van der Waals surface area contributed by atoms with Gasteiger partial charge in [-0.3, -0.25) is 9.59 Å². The molecule has 6 heteroatoms. The van der Waals surface area contributed by atoms with Crippen LogP contribution in [0, 0.1) is 6.92 Å². The molecule has 1 aliphatic rings. The van der Waals surface area contributed by atoms with Crippen LogP contribution < -0.4 is 10.6 Å². The molecule has 0 saturated carbocycles. The average molecular weight is 480 g/mol. The number of aromatic amines is 1. The number of aryl methyl sites for hydroxylation is 1. The molecule has 4 aromatic rings. The first kappa shape index (κ1) is 23.4. The van der Waals surface area contributed by atoms with Gasteiger partial charge in [-0.25, -0.2) is 0 Å². The lowest BCUT2D eigenvalue weighted by molar-refractivity contribution is -0.119. The largest absolute Gasteiger partial charge is 0.509 e. The van der Waals surface area contributed by atoms with Gasteiger partial charge in [0.05, 0.1) is 11.5 Å². The maximum Gasteiger partial charge on any atom is 0.252 e. The summed E-state index contributed by atoms with van der Waals surface area (Å²) in [7, 11) is 0. The number of aliphatic hydroxyl groups is 1. The molecular weight excluding hydrogens is 450 g/mol. The summed E-state index contributed by atoms with van der Waals surface area (Å²) in [5.41, 5.74) is 4.55. The number of benzene rings is 3. The fourth-order valence-electron chi connectivity index (χ4n) is 5.14. The molecule has 1 unspecified atom stereocenters. The lowest BCUT2D eigenvalue weighted by Crippen LogP contribution is -2.39. The number of carbonyl (C=O) groups excluding carboxylic acids is 2. The molecule has 182 valence electrons. The molecule has 2 atom stereocenters. The molecule has 4 N–H and O–H groups in total. The lowest BCUT2D eigenvalue weighted by atomic mass is 9.83. The van der Waals surface area contributed by atoms with Crippen molar-refractivity contribution >= 4 is 22.7 Å². The third kappa shape index (κ3) is 3.94. The Hall–Kier alpha value is -4.32. The molecule has 0 bridgehead atoms. The fraction of sp³-hybridized carbons (Fsp3) is 0.200. The summed E-state index contributed by atoms with van der Waals surface area (Å²) in [5, 5.41) is 18.6. The summed E-state index contributed by atoms with van der Waals surface area (Å²) in [6, 6.07) is 25.2. The molecule has 2 amide bonds. The number of H-pyrrole nitrogens is 1. The average Bonchev–Trinajstić information content (AvgIpc) is 3.33. The number of aliphatic hydroxyl groups excluding tert-OH is 1. The van der Waals surface area contributed by atoms with Gasteiger partial charge in [0.15, 0.2) is 0 Å². The van der Waals surface area contributed by atoms with Crippen LogP contribution in [0.5, 0.6) is 0 Å². The van der Waals surface area contributed by atoms with Gasteiger partial charge in [0, 0.05) is 35.6 Å². The summed E-state index contributed by atoms with van der Waals surface area (Å²) in [6.07, 6.45) is 0. The van der Waals surface area contributed by atoms with Crippen molar-refractivity contribution in [1.29, 1.82) is 0 Å². The first-order valence-corrected chi connectivity index (χ1v) is 12.0. The van der Waals surface area contributed by atoms with Crippen LogP contribution in [0.1, 0.15) is 47.7 Å². The first-order chi connectivity index (χ1) is 17.3. The van der Waals surface area contributed by atoms with E-state index in [9.17, 15) is 14.7 Å². The van der Waals surface area contributed by atoms with Crippen molar-refractivity contribution in [2.75, 3.05) is 0 Å².